The van der Waals surface area contributed by atoms with Crippen molar-refractivity contribution in [2.24, 2.45) is 0 Å². The molecule has 0 spiro atoms. The van der Waals surface area contributed by atoms with E-state index in [-0.39, 0.29) is 24.4 Å². The van der Waals surface area contributed by atoms with Crippen molar-refractivity contribution in [2.75, 3.05) is 17.7 Å². The molecule has 2 aromatic rings. The fourth-order valence-corrected chi connectivity index (χ4v) is 4.43. The van der Waals surface area contributed by atoms with Gasteiger partial charge >= 0.3 is 5.97 Å². The standard InChI is InChI=1S/C20H20F2N2O5S/c1-2-30(27,28)24-11-14-6-4-3-5-13(14)7-18(24)20(26)29-12-19(25)23-17-9-15(21)8-16(22)10-17/h3-6,8-10,18H,2,7,11-12H2,1H3,(H,23,25)/t18-/m0/s1. The normalized spacial score (nSPS) is 16.6. The molecule has 1 amide bonds. The smallest absolute Gasteiger partial charge is 0.325 e. The number of nitrogens with one attached hydrogen (secondary N) is 1. The van der Waals surface area contributed by atoms with Crippen LogP contribution in [0.1, 0.15) is 18.1 Å². The van der Waals surface area contributed by atoms with Crippen LogP contribution in [0.4, 0.5) is 14.5 Å². The molecule has 7 nitrogen and oxygen atoms in total. The Morgan fingerprint density at radius 3 is 2.40 bits per heavy atom. The van der Waals surface area contributed by atoms with Crippen molar-refractivity contribution in [3.05, 3.63) is 65.2 Å². The molecule has 1 aliphatic heterocycles. The van der Waals surface area contributed by atoms with Crippen LogP contribution in [0.5, 0.6) is 0 Å². The SMILES string of the molecule is CCS(=O)(=O)N1Cc2ccccc2C[C@H]1C(=O)OCC(=O)Nc1cc(F)cc(F)c1. The van der Waals surface area contributed by atoms with Gasteiger partial charge in [0.05, 0.1) is 5.75 Å². The van der Waals surface area contributed by atoms with E-state index in [1.807, 2.05) is 0 Å². The molecule has 2 aromatic carbocycles. The second kappa shape index (κ2) is 8.88. The summed E-state index contributed by atoms with van der Waals surface area (Å²) >= 11 is 0. The van der Waals surface area contributed by atoms with E-state index < -0.39 is 46.2 Å². The van der Waals surface area contributed by atoms with Gasteiger partial charge < -0.3 is 10.1 Å². The predicted molar refractivity (Wildman–Crippen MR) is 105 cm³/mol. The number of hydrogen-bond donors (Lipinski definition) is 1. The largest absolute Gasteiger partial charge is 0.454 e. The minimum Gasteiger partial charge on any atom is -0.454 e. The maximum Gasteiger partial charge on any atom is 0.325 e. The number of carbonyl (C=O) groups is 2. The molecule has 10 heteroatoms. The summed E-state index contributed by atoms with van der Waals surface area (Å²) in [5.41, 5.74) is 1.49. The number of sulfonamides is 1. The summed E-state index contributed by atoms with van der Waals surface area (Å²) in [7, 11) is -3.71. The van der Waals surface area contributed by atoms with Crippen LogP contribution in [0.2, 0.25) is 0 Å². The van der Waals surface area contributed by atoms with Gasteiger partial charge in [0.1, 0.15) is 17.7 Å². The Morgan fingerprint density at radius 1 is 1.13 bits per heavy atom. The summed E-state index contributed by atoms with van der Waals surface area (Å²) < 4.78 is 57.5. The van der Waals surface area contributed by atoms with Crippen molar-refractivity contribution in [2.45, 2.75) is 25.9 Å². The monoisotopic (exact) mass is 438 g/mol. The first-order chi connectivity index (χ1) is 14.2. The molecule has 1 atom stereocenters. The van der Waals surface area contributed by atoms with Crippen LogP contribution in [0.3, 0.4) is 0 Å². The zero-order valence-electron chi connectivity index (χ0n) is 16.1. The molecule has 0 saturated heterocycles. The average molecular weight is 438 g/mol. The summed E-state index contributed by atoms with van der Waals surface area (Å²) in [6.07, 6.45) is 0.116. The number of esters is 1. The number of anilines is 1. The van der Waals surface area contributed by atoms with Gasteiger partial charge in [-0.2, -0.15) is 4.31 Å². The van der Waals surface area contributed by atoms with Gasteiger partial charge in [0.15, 0.2) is 6.61 Å². The van der Waals surface area contributed by atoms with E-state index in [4.69, 9.17) is 4.74 Å². The summed E-state index contributed by atoms with van der Waals surface area (Å²) in [5, 5.41) is 2.22. The van der Waals surface area contributed by atoms with E-state index >= 15 is 0 Å². The third-order valence-corrected chi connectivity index (χ3v) is 6.52. The van der Waals surface area contributed by atoms with Crippen LogP contribution >= 0.6 is 0 Å². The molecule has 0 bridgehead atoms. The van der Waals surface area contributed by atoms with Crippen molar-refractivity contribution in [1.82, 2.24) is 4.31 Å². The number of ether oxygens (including phenoxy) is 1. The lowest BCUT2D eigenvalue weighted by atomic mass is 9.96. The number of hydrogen-bond acceptors (Lipinski definition) is 5. The highest BCUT2D eigenvalue weighted by atomic mass is 32.2. The third-order valence-electron chi connectivity index (χ3n) is 4.69. The number of rotatable bonds is 6. The topological polar surface area (TPSA) is 92.8 Å². The number of benzene rings is 2. The quantitative estimate of drug-likeness (QED) is 0.699. The van der Waals surface area contributed by atoms with Gasteiger partial charge in [-0.15, -0.1) is 0 Å². The molecule has 0 aliphatic carbocycles. The highest BCUT2D eigenvalue weighted by Crippen LogP contribution is 2.26. The summed E-state index contributed by atoms with van der Waals surface area (Å²) in [6, 6.07) is 8.54. The van der Waals surface area contributed by atoms with Gasteiger partial charge in [-0.3, -0.25) is 9.59 Å². The summed E-state index contributed by atoms with van der Waals surface area (Å²) in [4.78, 5) is 24.6. The Labute approximate surface area is 172 Å². The zero-order valence-corrected chi connectivity index (χ0v) is 16.9. The lowest BCUT2D eigenvalue weighted by molar-refractivity contribution is -0.151. The lowest BCUT2D eigenvalue weighted by Crippen LogP contribution is -2.50. The van der Waals surface area contributed by atoms with E-state index in [2.05, 4.69) is 5.32 Å². The Kier molecular flexibility index (Phi) is 6.47. The highest BCUT2D eigenvalue weighted by molar-refractivity contribution is 7.89. The molecule has 0 fully saturated rings. The predicted octanol–water partition coefficient (Wildman–Crippen LogP) is 2.22. The molecule has 0 saturated carbocycles. The van der Waals surface area contributed by atoms with E-state index in [0.717, 1.165) is 27.6 Å². The first-order valence-corrected chi connectivity index (χ1v) is 10.8. The minimum absolute atomic E-state index is 0.0286. The molecular weight excluding hydrogens is 418 g/mol. The van der Waals surface area contributed by atoms with Crippen LogP contribution in [0, 0.1) is 11.6 Å². The molecule has 1 N–H and O–H groups in total. The van der Waals surface area contributed by atoms with Crippen LogP contribution in [-0.4, -0.2) is 43.0 Å². The Bertz CT molecular complexity index is 1050. The Morgan fingerprint density at radius 2 is 1.77 bits per heavy atom. The minimum atomic E-state index is -3.71. The van der Waals surface area contributed by atoms with Gasteiger partial charge in [0.25, 0.3) is 5.91 Å². The molecule has 1 aliphatic rings. The molecule has 30 heavy (non-hydrogen) atoms. The van der Waals surface area contributed by atoms with Gasteiger partial charge in [-0.25, -0.2) is 17.2 Å². The van der Waals surface area contributed by atoms with Crippen LogP contribution in [0.15, 0.2) is 42.5 Å². The van der Waals surface area contributed by atoms with Crippen LogP contribution in [0.25, 0.3) is 0 Å². The Balaban J connectivity index is 1.70. The van der Waals surface area contributed by atoms with E-state index in [0.29, 0.717) is 6.07 Å². The maximum atomic E-state index is 13.2. The number of fused-ring (bicyclic) bond motifs is 1. The second-order valence-electron chi connectivity index (χ2n) is 6.75. The summed E-state index contributed by atoms with van der Waals surface area (Å²) in [5.74, 6) is -3.62. The van der Waals surface area contributed by atoms with Gasteiger partial charge in [0, 0.05) is 24.7 Å². The fraction of sp³-hybridized carbons (Fsp3) is 0.300. The average Bonchev–Trinajstić information content (AvgIpc) is 2.70. The number of nitrogens with zero attached hydrogens (tertiary/aromatic N) is 1. The van der Waals surface area contributed by atoms with Crippen LogP contribution < -0.4 is 5.32 Å². The molecular formula is C20H20F2N2O5S. The van der Waals surface area contributed by atoms with E-state index in [1.54, 1.807) is 24.3 Å². The first-order valence-electron chi connectivity index (χ1n) is 9.18. The molecule has 3 rings (SSSR count). The van der Waals surface area contributed by atoms with Gasteiger partial charge in [-0.1, -0.05) is 24.3 Å². The molecule has 160 valence electrons. The van der Waals surface area contributed by atoms with Gasteiger partial charge in [0.2, 0.25) is 10.0 Å². The number of halogens is 2. The summed E-state index contributed by atoms with van der Waals surface area (Å²) in [6.45, 7) is 0.778. The van der Waals surface area contributed by atoms with Crippen LogP contribution in [-0.2, 0) is 37.3 Å². The number of carbonyl (C=O) groups excluding carboxylic acids is 2. The molecule has 0 unspecified atom stereocenters. The highest BCUT2D eigenvalue weighted by Gasteiger charge is 2.39. The van der Waals surface area contributed by atoms with Crippen molar-refractivity contribution < 1.29 is 31.5 Å². The molecule has 0 aromatic heterocycles. The second-order valence-corrected chi connectivity index (χ2v) is 8.96. The zero-order chi connectivity index (χ0) is 21.9. The van der Waals surface area contributed by atoms with Crippen molar-refractivity contribution in [3.8, 4) is 0 Å². The number of amides is 1. The first kappa shape index (κ1) is 21.8. The van der Waals surface area contributed by atoms with Gasteiger partial charge in [-0.05, 0) is 30.2 Å². The Hall–Kier alpha value is -2.85. The fourth-order valence-electron chi connectivity index (χ4n) is 3.21. The lowest BCUT2D eigenvalue weighted by Gasteiger charge is -2.34. The van der Waals surface area contributed by atoms with Crippen molar-refractivity contribution in [1.29, 1.82) is 0 Å². The third kappa shape index (κ3) is 5.00. The maximum absolute atomic E-state index is 13.2. The molecule has 0 radical (unpaired) electrons. The van der Waals surface area contributed by atoms with E-state index in [1.165, 1.54) is 6.92 Å². The van der Waals surface area contributed by atoms with E-state index in [9.17, 15) is 26.8 Å². The van der Waals surface area contributed by atoms with Crippen molar-refractivity contribution in [3.63, 3.8) is 0 Å². The molecule has 1 heterocycles. The van der Waals surface area contributed by atoms with Crippen molar-refractivity contribution >= 4 is 27.6 Å².